The fourth-order valence-electron chi connectivity index (χ4n) is 3.76. The second kappa shape index (κ2) is 8.81. The van der Waals surface area contributed by atoms with Gasteiger partial charge in [-0.3, -0.25) is 4.79 Å². The molecule has 0 radical (unpaired) electrons. The second-order valence-electron chi connectivity index (χ2n) is 7.70. The third-order valence-electron chi connectivity index (χ3n) is 5.49. The van der Waals surface area contributed by atoms with Crippen molar-refractivity contribution in [2.75, 3.05) is 11.5 Å². The molecule has 12 heteroatoms. The van der Waals surface area contributed by atoms with Crippen LogP contribution in [0.25, 0.3) is 0 Å². The lowest BCUT2D eigenvalue weighted by atomic mass is 9.82. The van der Waals surface area contributed by atoms with E-state index in [4.69, 9.17) is 28.0 Å². The fraction of sp³-hybridized carbons (Fsp3) is 0.333. The standard InChI is InChI=1S/C21H16Cl2F3N3O3S/c1-10-4-11(2-3-16(10)19(30)27-15-8-33-9-15)17-18(28-31)20(32-29-17,21(24,25)26)12-5-13(22)7-14(23)6-12/h2-7,15,18H,8-9H2,1H3,(H,27,30). The molecule has 0 spiro atoms. The first-order chi connectivity index (χ1) is 15.6. The van der Waals surface area contributed by atoms with Crippen molar-refractivity contribution in [3.8, 4) is 0 Å². The number of amides is 1. The van der Waals surface area contributed by atoms with E-state index in [-0.39, 0.29) is 33.3 Å². The van der Waals surface area contributed by atoms with Crippen molar-refractivity contribution in [1.82, 2.24) is 5.32 Å². The van der Waals surface area contributed by atoms with Crippen LogP contribution in [0.3, 0.4) is 0 Å². The van der Waals surface area contributed by atoms with Gasteiger partial charge in [-0.25, -0.2) is 0 Å². The van der Waals surface area contributed by atoms with Crippen molar-refractivity contribution < 1.29 is 22.8 Å². The van der Waals surface area contributed by atoms with Crippen LogP contribution >= 0.6 is 35.0 Å². The van der Waals surface area contributed by atoms with Crippen LogP contribution in [-0.4, -0.2) is 41.4 Å². The number of rotatable bonds is 5. The molecule has 0 saturated carbocycles. The van der Waals surface area contributed by atoms with Crippen molar-refractivity contribution in [3.63, 3.8) is 0 Å². The first kappa shape index (κ1) is 23.8. The van der Waals surface area contributed by atoms with E-state index in [1.807, 2.05) is 0 Å². The molecule has 2 aromatic carbocycles. The molecule has 0 aromatic heterocycles. The lowest BCUT2D eigenvalue weighted by Crippen LogP contribution is -2.51. The minimum absolute atomic E-state index is 0.0705. The van der Waals surface area contributed by atoms with E-state index < -0.39 is 23.4 Å². The van der Waals surface area contributed by atoms with E-state index in [2.05, 4.69) is 15.6 Å². The topological polar surface area (TPSA) is 80.1 Å². The molecule has 6 nitrogen and oxygen atoms in total. The summed E-state index contributed by atoms with van der Waals surface area (Å²) in [5, 5.41) is 9.12. The molecule has 2 heterocycles. The number of alkyl halides is 3. The van der Waals surface area contributed by atoms with E-state index in [1.165, 1.54) is 24.3 Å². The molecule has 2 atom stereocenters. The average Bonchev–Trinajstić information content (AvgIpc) is 3.10. The minimum atomic E-state index is -5.08. The number of hydrogen-bond donors (Lipinski definition) is 1. The molecule has 1 fully saturated rings. The van der Waals surface area contributed by atoms with Crippen molar-refractivity contribution in [3.05, 3.63) is 73.6 Å². The van der Waals surface area contributed by atoms with Crippen molar-refractivity contribution in [1.29, 1.82) is 0 Å². The second-order valence-corrected chi connectivity index (χ2v) is 9.65. The van der Waals surface area contributed by atoms with Gasteiger partial charge in [0.15, 0.2) is 6.04 Å². The number of oxime groups is 1. The number of aryl methyl sites for hydroxylation is 1. The van der Waals surface area contributed by atoms with Crippen LogP contribution < -0.4 is 5.32 Å². The van der Waals surface area contributed by atoms with Crippen LogP contribution in [0.5, 0.6) is 0 Å². The molecule has 2 unspecified atom stereocenters. The maximum Gasteiger partial charge on any atom is 0.438 e. The van der Waals surface area contributed by atoms with Crippen molar-refractivity contribution in [2.45, 2.75) is 30.8 Å². The van der Waals surface area contributed by atoms with Gasteiger partial charge >= 0.3 is 6.18 Å². The third-order valence-corrected chi connectivity index (χ3v) is 7.20. The van der Waals surface area contributed by atoms with Gasteiger partial charge < -0.3 is 10.2 Å². The summed E-state index contributed by atoms with van der Waals surface area (Å²) in [4.78, 5) is 29.2. The smallest absolute Gasteiger partial charge is 0.371 e. The summed E-state index contributed by atoms with van der Waals surface area (Å²) in [6.07, 6.45) is -5.08. The van der Waals surface area contributed by atoms with E-state index in [9.17, 15) is 22.9 Å². The zero-order chi connectivity index (χ0) is 24.0. The van der Waals surface area contributed by atoms with Gasteiger partial charge in [-0.05, 0) is 42.8 Å². The van der Waals surface area contributed by atoms with Gasteiger partial charge in [-0.15, -0.1) is 4.91 Å². The number of thioether (sulfide) groups is 1. The first-order valence-electron chi connectivity index (χ1n) is 9.68. The largest absolute Gasteiger partial charge is 0.438 e. The van der Waals surface area contributed by atoms with Crippen LogP contribution in [0, 0.1) is 11.8 Å². The van der Waals surface area contributed by atoms with Crippen molar-refractivity contribution in [2.24, 2.45) is 10.3 Å². The lowest BCUT2D eigenvalue weighted by molar-refractivity contribution is -0.279. The highest BCUT2D eigenvalue weighted by Crippen LogP contribution is 2.51. The number of nitrogens with zero attached hydrogens (tertiary/aromatic N) is 2. The maximum absolute atomic E-state index is 14.4. The van der Waals surface area contributed by atoms with E-state index in [0.717, 1.165) is 23.6 Å². The molecular weight excluding hydrogens is 502 g/mol. The van der Waals surface area contributed by atoms with Gasteiger partial charge in [0.1, 0.15) is 5.71 Å². The Hall–Kier alpha value is -2.30. The Labute approximate surface area is 200 Å². The third kappa shape index (κ3) is 4.20. The summed E-state index contributed by atoms with van der Waals surface area (Å²) in [6.45, 7) is 1.64. The van der Waals surface area contributed by atoms with E-state index in [0.29, 0.717) is 11.1 Å². The van der Waals surface area contributed by atoms with Crippen LogP contribution in [0.1, 0.15) is 27.0 Å². The predicted octanol–water partition coefficient (Wildman–Crippen LogP) is 5.47. The zero-order valence-corrected chi connectivity index (χ0v) is 19.3. The molecule has 1 amide bonds. The summed E-state index contributed by atoms with van der Waals surface area (Å²) in [6, 6.07) is 5.65. The van der Waals surface area contributed by atoms with Crippen LogP contribution in [0.4, 0.5) is 13.2 Å². The quantitative estimate of drug-likeness (QED) is 0.533. The number of hydrogen-bond acceptors (Lipinski definition) is 6. The van der Waals surface area contributed by atoms with Gasteiger partial charge in [0, 0.05) is 44.3 Å². The van der Waals surface area contributed by atoms with Gasteiger partial charge in [0.2, 0.25) is 0 Å². The van der Waals surface area contributed by atoms with Crippen molar-refractivity contribution >= 4 is 46.6 Å². The fourth-order valence-corrected chi connectivity index (χ4v) is 4.92. The van der Waals surface area contributed by atoms with E-state index in [1.54, 1.807) is 18.7 Å². The van der Waals surface area contributed by atoms with Crippen LogP contribution in [-0.2, 0) is 10.4 Å². The monoisotopic (exact) mass is 517 g/mol. The van der Waals surface area contributed by atoms with Crippen LogP contribution in [0.2, 0.25) is 10.0 Å². The number of carbonyl (C=O) groups is 1. The summed E-state index contributed by atoms with van der Waals surface area (Å²) in [7, 11) is 0. The number of carbonyl (C=O) groups excluding carboxylic acids is 1. The Balaban J connectivity index is 1.71. The summed E-state index contributed by atoms with van der Waals surface area (Å²) < 4.78 is 43.1. The number of nitrogens with one attached hydrogen (secondary N) is 1. The maximum atomic E-state index is 14.4. The highest BCUT2D eigenvalue weighted by atomic mass is 35.5. The number of benzene rings is 2. The average molecular weight is 518 g/mol. The molecule has 2 aliphatic rings. The minimum Gasteiger partial charge on any atom is -0.371 e. The molecule has 0 bridgehead atoms. The van der Waals surface area contributed by atoms with Gasteiger partial charge in [-0.2, -0.15) is 24.9 Å². The first-order valence-corrected chi connectivity index (χ1v) is 11.6. The normalized spacial score (nSPS) is 22.8. The Morgan fingerprint density at radius 3 is 2.39 bits per heavy atom. The Bertz CT molecular complexity index is 1140. The SMILES string of the molecule is Cc1cc(C2=NOC(c3cc(Cl)cc(Cl)c3)(C(F)(F)F)C2N=O)ccc1C(=O)NC1CSC1. The molecule has 33 heavy (non-hydrogen) atoms. The molecule has 1 saturated heterocycles. The number of nitroso groups, excluding NO2 is 1. The van der Waals surface area contributed by atoms with Gasteiger partial charge in [0.25, 0.3) is 11.5 Å². The summed E-state index contributed by atoms with van der Waals surface area (Å²) in [5.74, 6) is 1.38. The van der Waals surface area contributed by atoms with E-state index >= 15 is 0 Å². The van der Waals surface area contributed by atoms with Gasteiger partial charge in [-0.1, -0.05) is 39.6 Å². The highest BCUT2D eigenvalue weighted by Gasteiger charge is 2.69. The molecular formula is C21H16Cl2F3N3O3S. The summed E-state index contributed by atoms with van der Waals surface area (Å²) in [5.41, 5.74) is -2.98. The lowest BCUT2D eigenvalue weighted by Gasteiger charge is -2.32. The molecule has 2 aliphatic heterocycles. The Morgan fingerprint density at radius 2 is 1.88 bits per heavy atom. The molecule has 4 rings (SSSR count). The molecule has 1 N–H and O–H groups in total. The molecule has 2 aromatic rings. The highest BCUT2D eigenvalue weighted by molar-refractivity contribution is 8.00. The Kier molecular flexibility index (Phi) is 6.36. The van der Waals surface area contributed by atoms with Gasteiger partial charge in [0.05, 0.1) is 0 Å². The molecule has 174 valence electrons. The molecule has 0 aliphatic carbocycles. The number of halogens is 5. The zero-order valence-electron chi connectivity index (χ0n) is 17.0. The van der Waals surface area contributed by atoms with Crippen LogP contribution in [0.15, 0.2) is 46.7 Å². The Morgan fingerprint density at radius 1 is 1.21 bits per heavy atom. The predicted molar refractivity (Wildman–Crippen MR) is 121 cm³/mol. The summed E-state index contributed by atoms with van der Waals surface area (Å²) >= 11 is 13.5.